The molecule has 1 saturated carbocycles. The minimum absolute atomic E-state index is 0.0614. The van der Waals surface area contributed by atoms with Crippen LogP contribution in [0.1, 0.15) is 32.1 Å². The highest BCUT2D eigenvalue weighted by Crippen LogP contribution is 2.50. The number of rotatable bonds is 5. The van der Waals surface area contributed by atoms with Crippen LogP contribution in [0, 0.1) is 5.41 Å². The van der Waals surface area contributed by atoms with Crippen LogP contribution in [-0.2, 0) is 19.4 Å². The van der Waals surface area contributed by atoms with Crippen LogP contribution in [0.5, 0.6) is 0 Å². The molecule has 3 fully saturated rings. The molecule has 0 spiro atoms. The first-order valence-electron chi connectivity index (χ1n) is 8.13. The molecule has 2 saturated heterocycles. The van der Waals surface area contributed by atoms with Gasteiger partial charge in [-0.25, -0.2) is 8.42 Å². The van der Waals surface area contributed by atoms with Gasteiger partial charge in [0.1, 0.15) is 15.9 Å². The second-order valence-corrected chi connectivity index (χ2v) is 10.3. The number of amides is 2. The number of sulfone groups is 1. The van der Waals surface area contributed by atoms with Gasteiger partial charge in [-0.3, -0.25) is 9.59 Å². The molecular weight excluding hydrogens is 336 g/mol. The highest BCUT2D eigenvalue weighted by molar-refractivity contribution is 7.99. The molecule has 0 bridgehead atoms. The summed E-state index contributed by atoms with van der Waals surface area (Å²) in [6.45, 7) is 1.58. The second-order valence-electron chi connectivity index (χ2n) is 7.16. The third kappa shape index (κ3) is 4.02. The summed E-state index contributed by atoms with van der Waals surface area (Å²) in [4.78, 5) is 28.8. The first-order chi connectivity index (χ1) is 10.8. The van der Waals surface area contributed by atoms with Crippen LogP contribution in [0.3, 0.4) is 0 Å². The molecule has 130 valence electrons. The van der Waals surface area contributed by atoms with Gasteiger partial charge in [-0.05, 0) is 31.1 Å². The quantitative estimate of drug-likeness (QED) is 0.722. The third-order valence-electron chi connectivity index (χ3n) is 4.96. The van der Waals surface area contributed by atoms with Gasteiger partial charge in [0.05, 0.1) is 11.6 Å². The van der Waals surface area contributed by atoms with Gasteiger partial charge >= 0.3 is 0 Å². The Morgan fingerprint density at radius 1 is 1.22 bits per heavy atom. The highest BCUT2D eigenvalue weighted by atomic mass is 32.2. The van der Waals surface area contributed by atoms with Crippen LogP contribution < -0.4 is 0 Å². The maximum atomic E-state index is 12.7. The monoisotopic (exact) mass is 360 g/mol. The van der Waals surface area contributed by atoms with Gasteiger partial charge in [-0.2, -0.15) is 0 Å². The summed E-state index contributed by atoms with van der Waals surface area (Å²) in [6.07, 6.45) is 5.14. The Balaban J connectivity index is 1.63. The van der Waals surface area contributed by atoms with Crippen molar-refractivity contribution in [2.24, 2.45) is 5.41 Å². The number of carbonyl (C=O) groups excluding carboxylic acids is 2. The third-order valence-corrected chi connectivity index (χ3v) is 7.11. The van der Waals surface area contributed by atoms with Crippen molar-refractivity contribution >= 4 is 33.4 Å². The van der Waals surface area contributed by atoms with E-state index in [9.17, 15) is 18.0 Å². The lowest BCUT2D eigenvalue weighted by atomic mass is 10.0. The van der Waals surface area contributed by atoms with E-state index in [1.54, 1.807) is 16.7 Å². The summed E-state index contributed by atoms with van der Waals surface area (Å²) >= 11 is 1.60. The smallest absolute Gasteiger partial charge is 0.246 e. The number of hydrogen-bond donors (Lipinski definition) is 0. The predicted molar refractivity (Wildman–Crippen MR) is 89.8 cm³/mol. The topological polar surface area (TPSA) is 74.8 Å². The number of hydrogen-bond acceptors (Lipinski definition) is 5. The Hall–Kier alpha value is -0.760. The summed E-state index contributed by atoms with van der Waals surface area (Å²) in [7, 11) is -3.08. The summed E-state index contributed by atoms with van der Waals surface area (Å²) in [5.41, 5.74) is -0.376. The molecule has 0 radical (unpaired) electrons. The zero-order valence-electron chi connectivity index (χ0n) is 13.5. The molecule has 0 aromatic rings. The van der Waals surface area contributed by atoms with Crippen LogP contribution in [0.4, 0.5) is 0 Å². The number of thioether (sulfide) groups is 1. The molecule has 0 aromatic heterocycles. The SMILES string of the molecule is CS(=O)(=O)CC1(CC(=O)N2CSCC2C(=O)N2CCCC2)CC1. The summed E-state index contributed by atoms with van der Waals surface area (Å²) < 4.78 is 23.1. The Morgan fingerprint density at radius 3 is 2.43 bits per heavy atom. The molecule has 23 heavy (non-hydrogen) atoms. The maximum absolute atomic E-state index is 12.7. The van der Waals surface area contributed by atoms with E-state index < -0.39 is 9.84 Å². The molecule has 3 rings (SSSR count). The van der Waals surface area contributed by atoms with E-state index in [0.29, 0.717) is 11.6 Å². The largest absolute Gasteiger partial charge is 0.341 e. The van der Waals surface area contributed by atoms with Crippen molar-refractivity contribution in [2.75, 3.05) is 36.7 Å². The van der Waals surface area contributed by atoms with Gasteiger partial charge in [0.2, 0.25) is 11.8 Å². The Bertz CT molecular complexity index is 595. The van der Waals surface area contributed by atoms with E-state index in [2.05, 4.69) is 0 Å². The molecule has 8 heteroatoms. The van der Waals surface area contributed by atoms with Crippen molar-refractivity contribution in [1.82, 2.24) is 9.80 Å². The van der Waals surface area contributed by atoms with Gasteiger partial charge < -0.3 is 9.80 Å². The zero-order valence-corrected chi connectivity index (χ0v) is 15.1. The van der Waals surface area contributed by atoms with Crippen molar-refractivity contribution in [1.29, 1.82) is 0 Å². The molecule has 3 aliphatic rings. The van der Waals surface area contributed by atoms with Gasteiger partial charge in [0.25, 0.3) is 0 Å². The first-order valence-corrected chi connectivity index (χ1v) is 11.3. The number of likely N-dealkylation sites (tertiary alicyclic amines) is 1. The molecule has 0 aromatic carbocycles. The fraction of sp³-hybridized carbons (Fsp3) is 0.867. The Labute approximate surface area is 141 Å². The van der Waals surface area contributed by atoms with Crippen LogP contribution in [-0.4, -0.2) is 72.8 Å². The van der Waals surface area contributed by atoms with E-state index in [1.165, 1.54) is 6.26 Å². The van der Waals surface area contributed by atoms with Gasteiger partial charge in [-0.1, -0.05) is 0 Å². The standard InChI is InChI=1S/C15H24N2O4S2/c1-23(20,21)10-15(4-5-15)8-13(18)17-11-22-9-12(17)14(19)16-6-2-3-7-16/h12H,2-11H2,1H3. The molecule has 1 atom stereocenters. The average Bonchev–Trinajstić information content (AvgIpc) is 2.95. The maximum Gasteiger partial charge on any atom is 0.246 e. The molecule has 6 nitrogen and oxygen atoms in total. The lowest BCUT2D eigenvalue weighted by Crippen LogP contribution is -2.48. The average molecular weight is 361 g/mol. The lowest BCUT2D eigenvalue weighted by Gasteiger charge is -2.28. The predicted octanol–water partition coefficient (Wildman–Crippen LogP) is 0.725. The molecule has 1 aliphatic carbocycles. The van der Waals surface area contributed by atoms with E-state index in [1.807, 2.05) is 4.90 Å². The van der Waals surface area contributed by atoms with Gasteiger partial charge in [0, 0.05) is 31.5 Å². The first kappa shape index (κ1) is 17.1. The number of nitrogens with zero attached hydrogens (tertiary/aromatic N) is 2. The van der Waals surface area contributed by atoms with E-state index in [-0.39, 0.29) is 35.4 Å². The summed E-state index contributed by atoms with van der Waals surface area (Å²) in [5.74, 6) is 1.28. The van der Waals surface area contributed by atoms with E-state index >= 15 is 0 Å². The van der Waals surface area contributed by atoms with Crippen molar-refractivity contribution in [3.8, 4) is 0 Å². The van der Waals surface area contributed by atoms with Crippen LogP contribution >= 0.6 is 11.8 Å². The molecule has 0 N–H and O–H groups in total. The molecule has 2 amide bonds. The van der Waals surface area contributed by atoms with E-state index in [0.717, 1.165) is 38.8 Å². The molecule has 2 heterocycles. The zero-order chi connectivity index (χ0) is 16.7. The minimum atomic E-state index is -3.08. The van der Waals surface area contributed by atoms with Crippen molar-refractivity contribution in [2.45, 2.75) is 38.1 Å². The Kier molecular flexibility index (Phi) is 4.66. The molecule has 2 aliphatic heterocycles. The summed E-state index contributed by atoms with van der Waals surface area (Å²) in [6, 6.07) is -0.361. The minimum Gasteiger partial charge on any atom is -0.341 e. The highest BCUT2D eigenvalue weighted by Gasteiger charge is 2.49. The van der Waals surface area contributed by atoms with Gasteiger partial charge in [-0.15, -0.1) is 11.8 Å². The summed E-state index contributed by atoms with van der Waals surface area (Å²) in [5, 5.41) is 0. The lowest BCUT2D eigenvalue weighted by molar-refractivity contribution is -0.143. The van der Waals surface area contributed by atoms with Crippen molar-refractivity contribution in [3.05, 3.63) is 0 Å². The van der Waals surface area contributed by atoms with Crippen LogP contribution in [0.15, 0.2) is 0 Å². The normalized spacial score (nSPS) is 26.6. The van der Waals surface area contributed by atoms with Crippen molar-refractivity contribution in [3.63, 3.8) is 0 Å². The Morgan fingerprint density at radius 2 is 1.87 bits per heavy atom. The van der Waals surface area contributed by atoms with Crippen LogP contribution in [0.2, 0.25) is 0 Å². The van der Waals surface area contributed by atoms with Crippen molar-refractivity contribution < 1.29 is 18.0 Å². The fourth-order valence-electron chi connectivity index (χ4n) is 3.57. The molecular formula is C15H24N2O4S2. The fourth-order valence-corrected chi connectivity index (χ4v) is 6.24. The second kappa shape index (κ2) is 6.27. The number of carbonyl (C=O) groups is 2. The van der Waals surface area contributed by atoms with Crippen LogP contribution in [0.25, 0.3) is 0 Å². The van der Waals surface area contributed by atoms with E-state index in [4.69, 9.17) is 0 Å². The van der Waals surface area contributed by atoms with Gasteiger partial charge in [0.15, 0.2) is 0 Å². The molecule has 1 unspecified atom stereocenters.